The third-order valence-electron chi connectivity index (χ3n) is 5.40. The number of amides is 2. The number of carbonyl (C=O) groups excluding carboxylic acids is 1. The van der Waals surface area contributed by atoms with E-state index < -0.39 is 0 Å². The normalized spacial score (nSPS) is 12.0. The van der Waals surface area contributed by atoms with Crippen molar-refractivity contribution < 1.29 is 4.79 Å². The Hall–Kier alpha value is -3.87. The summed E-state index contributed by atoms with van der Waals surface area (Å²) in [5, 5.41) is 14.7. The van der Waals surface area contributed by atoms with Gasteiger partial charge in [0.25, 0.3) is 0 Å². The van der Waals surface area contributed by atoms with Gasteiger partial charge < -0.3 is 15.5 Å². The first-order valence-corrected chi connectivity index (χ1v) is 10.7. The van der Waals surface area contributed by atoms with Gasteiger partial charge in [-0.15, -0.1) is 10.2 Å². The van der Waals surface area contributed by atoms with Crippen LogP contribution in [-0.4, -0.2) is 27.7 Å². The number of carbonyl (C=O) groups is 1. The molecule has 7 nitrogen and oxygen atoms in total. The van der Waals surface area contributed by atoms with Crippen LogP contribution in [-0.2, 0) is 6.54 Å². The molecule has 0 saturated carbocycles. The highest BCUT2D eigenvalue weighted by Gasteiger charge is 2.24. The Balaban J connectivity index is 1.51. The van der Waals surface area contributed by atoms with E-state index in [4.69, 9.17) is 0 Å². The molecule has 2 aromatic heterocycles. The van der Waals surface area contributed by atoms with Crippen LogP contribution >= 0.6 is 0 Å². The lowest BCUT2D eigenvalue weighted by Crippen LogP contribution is -2.36. The van der Waals surface area contributed by atoms with Gasteiger partial charge >= 0.3 is 6.03 Å². The van der Waals surface area contributed by atoms with Crippen LogP contribution in [0, 0.1) is 5.92 Å². The molecule has 1 unspecified atom stereocenters. The molecule has 32 heavy (non-hydrogen) atoms. The number of benzene rings is 2. The summed E-state index contributed by atoms with van der Waals surface area (Å²) in [7, 11) is 2.02. The number of pyridine rings is 1. The summed E-state index contributed by atoms with van der Waals surface area (Å²) in [5.74, 6) is 0.838. The summed E-state index contributed by atoms with van der Waals surface area (Å²) in [5.41, 5.74) is 3.65. The molecule has 0 fully saturated rings. The number of fused-ring (bicyclic) bond motifs is 1. The van der Waals surface area contributed by atoms with Gasteiger partial charge in [0, 0.05) is 19.8 Å². The van der Waals surface area contributed by atoms with Crippen LogP contribution in [0.1, 0.15) is 31.3 Å². The van der Waals surface area contributed by atoms with Gasteiger partial charge in [0.15, 0.2) is 11.5 Å². The SMILES string of the molecule is CC(C)C(NC(=O)Nc1ccccc1N(C)Cc1ccccc1)c1nnc2ccccn12. The standard InChI is InChI=1S/C25H28N6O/c1-18(2)23(24-29-28-22-15-9-10-16-31(22)24)27-25(32)26-20-13-7-8-14-21(20)30(3)17-19-11-5-4-6-12-19/h4-16,18,23H,17H2,1-3H3,(H2,26,27,32). The molecule has 0 aliphatic carbocycles. The summed E-state index contributed by atoms with van der Waals surface area (Å²) in [6.07, 6.45) is 1.91. The Morgan fingerprint density at radius 3 is 2.47 bits per heavy atom. The fourth-order valence-corrected chi connectivity index (χ4v) is 3.76. The molecule has 2 aromatic carbocycles. The Labute approximate surface area is 188 Å². The van der Waals surface area contributed by atoms with Gasteiger partial charge in [0.2, 0.25) is 0 Å². The van der Waals surface area contributed by atoms with Crippen LogP contribution in [0.25, 0.3) is 5.65 Å². The number of anilines is 2. The zero-order chi connectivity index (χ0) is 22.5. The number of urea groups is 1. The number of hydrogen-bond acceptors (Lipinski definition) is 4. The highest BCUT2D eigenvalue weighted by molar-refractivity contribution is 5.93. The molecule has 7 heteroatoms. The molecular weight excluding hydrogens is 400 g/mol. The van der Waals surface area contributed by atoms with E-state index in [1.54, 1.807) is 0 Å². The zero-order valence-electron chi connectivity index (χ0n) is 18.6. The van der Waals surface area contributed by atoms with Crippen molar-refractivity contribution >= 4 is 23.1 Å². The number of nitrogens with zero attached hydrogens (tertiary/aromatic N) is 4. The first kappa shape index (κ1) is 21.4. The minimum absolute atomic E-state index is 0.129. The molecular formula is C25H28N6O. The van der Waals surface area contributed by atoms with Crippen molar-refractivity contribution in [1.82, 2.24) is 19.9 Å². The average molecular weight is 429 g/mol. The van der Waals surface area contributed by atoms with Crippen molar-refractivity contribution in [3.05, 3.63) is 90.4 Å². The molecule has 0 spiro atoms. The van der Waals surface area contributed by atoms with E-state index in [0.717, 1.165) is 23.6 Å². The molecule has 0 saturated heterocycles. The van der Waals surface area contributed by atoms with E-state index in [-0.39, 0.29) is 18.0 Å². The number of para-hydroxylation sites is 2. The van der Waals surface area contributed by atoms with Crippen LogP contribution in [0.4, 0.5) is 16.2 Å². The van der Waals surface area contributed by atoms with E-state index >= 15 is 0 Å². The van der Waals surface area contributed by atoms with Crippen LogP contribution in [0.3, 0.4) is 0 Å². The van der Waals surface area contributed by atoms with Gasteiger partial charge in [-0.25, -0.2) is 4.79 Å². The minimum atomic E-state index is -0.290. The molecule has 0 aliphatic heterocycles. The lowest BCUT2D eigenvalue weighted by molar-refractivity contribution is 0.243. The second-order valence-electron chi connectivity index (χ2n) is 8.17. The van der Waals surface area contributed by atoms with E-state index in [1.807, 2.05) is 78.3 Å². The van der Waals surface area contributed by atoms with Gasteiger partial charge in [0.05, 0.1) is 17.4 Å². The molecule has 4 rings (SSSR count). The number of hydrogen-bond donors (Lipinski definition) is 2. The summed E-state index contributed by atoms with van der Waals surface area (Å²) in [6, 6.07) is 23.2. The highest BCUT2D eigenvalue weighted by atomic mass is 16.2. The lowest BCUT2D eigenvalue weighted by atomic mass is 10.0. The maximum atomic E-state index is 13.0. The molecule has 2 heterocycles. The van der Waals surface area contributed by atoms with Gasteiger partial charge in [-0.05, 0) is 35.7 Å². The van der Waals surface area contributed by atoms with Gasteiger partial charge in [0.1, 0.15) is 0 Å². The second-order valence-corrected chi connectivity index (χ2v) is 8.17. The maximum Gasteiger partial charge on any atom is 0.319 e. The Morgan fingerprint density at radius 2 is 1.69 bits per heavy atom. The van der Waals surface area contributed by atoms with Gasteiger partial charge in [-0.1, -0.05) is 62.4 Å². The van der Waals surface area contributed by atoms with Crippen LogP contribution in [0.15, 0.2) is 79.0 Å². The first-order valence-electron chi connectivity index (χ1n) is 10.7. The first-order chi connectivity index (χ1) is 15.5. The highest BCUT2D eigenvalue weighted by Crippen LogP contribution is 2.27. The Kier molecular flexibility index (Phi) is 6.35. The maximum absolute atomic E-state index is 13.0. The third kappa shape index (κ3) is 4.72. The quantitative estimate of drug-likeness (QED) is 0.440. The fraction of sp³-hybridized carbons (Fsp3) is 0.240. The molecule has 2 N–H and O–H groups in total. The second kappa shape index (κ2) is 9.51. The lowest BCUT2D eigenvalue weighted by Gasteiger charge is -2.24. The van der Waals surface area contributed by atoms with Crippen molar-refractivity contribution in [3.8, 4) is 0 Å². The van der Waals surface area contributed by atoms with Crippen molar-refractivity contribution in [2.45, 2.75) is 26.4 Å². The monoisotopic (exact) mass is 428 g/mol. The Morgan fingerprint density at radius 1 is 0.969 bits per heavy atom. The molecule has 164 valence electrons. The predicted octanol–water partition coefficient (Wildman–Crippen LogP) is 4.88. The average Bonchev–Trinajstić information content (AvgIpc) is 3.22. The molecule has 2 amide bonds. The zero-order valence-corrected chi connectivity index (χ0v) is 18.6. The summed E-state index contributed by atoms with van der Waals surface area (Å²) in [6.45, 7) is 4.84. The molecule has 0 aliphatic rings. The molecule has 1 atom stereocenters. The van der Waals surface area contributed by atoms with Gasteiger partial charge in [-0.3, -0.25) is 4.40 Å². The number of nitrogens with one attached hydrogen (secondary N) is 2. The predicted molar refractivity (Wildman–Crippen MR) is 128 cm³/mol. The van der Waals surface area contributed by atoms with E-state index in [1.165, 1.54) is 5.56 Å². The van der Waals surface area contributed by atoms with Crippen LogP contribution in [0.2, 0.25) is 0 Å². The molecule has 0 bridgehead atoms. The van der Waals surface area contributed by atoms with Crippen molar-refractivity contribution in [2.75, 3.05) is 17.3 Å². The largest absolute Gasteiger partial charge is 0.369 e. The van der Waals surface area contributed by atoms with E-state index in [2.05, 4.69) is 51.7 Å². The summed E-state index contributed by atoms with van der Waals surface area (Å²) >= 11 is 0. The smallest absolute Gasteiger partial charge is 0.319 e. The van der Waals surface area contributed by atoms with Crippen LogP contribution < -0.4 is 15.5 Å². The third-order valence-corrected chi connectivity index (χ3v) is 5.40. The Bertz CT molecular complexity index is 1190. The molecule has 4 aromatic rings. The van der Waals surface area contributed by atoms with Crippen molar-refractivity contribution in [2.24, 2.45) is 5.92 Å². The van der Waals surface area contributed by atoms with E-state index in [0.29, 0.717) is 5.82 Å². The fourth-order valence-electron chi connectivity index (χ4n) is 3.76. The van der Waals surface area contributed by atoms with E-state index in [9.17, 15) is 4.79 Å². The van der Waals surface area contributed by atoms with Crippen molar-refractivity contribution in [3.63, 3.8) is 0 Å². The minimum Gasteiger partial charge on any atom is -0.369 e. The number of aromatic nitrogens is 3. The number of rotatable bonds is 7. The van der Waals surface area contributed by atoms with Crippen LogP contribution in [0.5, 0.6) is 0 Å². The summed E-state index contributed by atoms with van der Waals surface area (Å²) in [4.78, 5) is 15.1. The topological polar surface area (TPSA) is 74.6 Å². The molecule has 0 radical (unpaired) electrons. The van der Waals surface area contributed by atoms with Crippen molar-refractivity contribution in [1.29, 1.82) is 0 Å². The van der Waals surface area contributed by atoms with Gasteiger partial charge in [-0.2, -0.15) is 0 Å². The summed E-state index contributed by atoms with van der Waals surface area (Å²) < 4.78 is 1.91.